The number of hydrogen-bond acceptors (Lipinski definition) is 6. The van der Waals surface area contributed by atoms with Gasteiger partial charge in [-0.25, -0.2) is 9.97 Å². The number of thiophene rings is 1. The second kappa shape index (κ2) is 6.44. The topological polar surface area (TPSA) is 76.1 Å². The Kier molecular flexibility index (Phi) is 4.64. The summed E-state index contributed by atoms with van der Waals surface area (Å²) in [4.78, 5) is 20.0. The third-order valence-corrected chi connectivity index (χ3v) is 3.67. The third kappa shape index (κ3) is 3.39. The van der Waals surface area contributed by atoms with E-state index in [2.05, 4.69) is 20.6 Å². The Bertz CT molecular complexity index is 570. The van der Waals surface area contributed by atoms with E-state index in [4.69, 9.17) is 4.74 Å². The SMILES string of the molecule is COCCNC(=O)CNc1ncnc2c(C)csc12. The molecule has 0 atom stereocenters. The zero-order valence-corrected chi connectivity index (χ0v) is 11.7. The first-order valence-electron chi connectivity index (χ1n) is 5.90. The van der Waals surface area contributed by atoms with Crippen LogP contribution in [0.5, 0.6) is 0 Å². The number of hydrogen-bond donors (Lipinski definition) is 2. The maximum Gasteiger partial charge on any atom is 0.239 e. The summed E-state index contributed by atoms with van der Waals surface area (Å²) in [7, 11) is 1.60. The molecule has 0 saturated carbocycles. The fourth-order valence-corrected chi connectivity index (χ4v) is 2.58. The zero-order valence-electron chi connectivity index (χ0n) is 10.9. The lowest BCUT2D eigenvalue weighted by atomic mass is 10.3. The normalized spacial score (nSPS) is 10.6. The smallest absolute Gasteiger partial charge is 0.239 e. The lowest BCUT2D eigenvalue weighted by Crippen LogP contribution is -2.32. The van der Waals surface area contributed by atoms with Crippen molar-refractivity contribution in [2.24, 2.45) is 0 Å². The first-order valence-corrected chi connectivity index (χ1v) is 6.78. The molecule has 0 aromatic carbocycles. The van der Waals surface area contributed by atoms with Gasteiger partial charge in [0.1, 0.15) is 12.1 Å². The van der Waals surface area contributed by atoms with Crippen LogP contribution in [0.15, 0.2) is 11.7 Å². The molecule has 0 radical (unpaired) electrons. The number of carbonyl (C=O) groups is 1. The van der Waals surface area contributed by atoms with Gasteiger partial charge >= 0.3 is 0 Å². The summed E-state index contributed by atoms with van der Waals surface area (Å²) in [6, 6.07) is 0. The first-order chi connectivity index (χ1) is 9.22. The molecule has 2 rings (SSSR count). The van der Waals surface area contributed by atoms with Gasteiger partial charge in [-0.1, -0.05) is 0 Å². The van der Waals surface area contributed by atoms with Gasteiger partial charge in [-0.2, -0.15) is 0 Å². The average molecular weight is 280 g/mol. The Hall–Kier alpha value is -1.73. The van der Waals surface area contributed by atoms with E-state index in [0.29, 0.717) is 19.0 Å². The molecule has 0 bridgehead atoms. The number of anilines is 1. The largest absolute Gasteiger partial charge is 0.383 e. The van der Waals surface area contributed by atoms with Crippen LogP contribution in [-0.2, 0) is 9.53 Å². The molecule has 0 aliphatic rings. The van der Waals surface area contributed by atoms with Crippen molar-refractivity contribution in [3.05, 3.63) is 17.3 Å². The zero-order chi connectivity index (χ0) is 13.7. The molecular formula is C12H16N4O2S. The van der Waals surface area contributed by atoms with Crippen molar-refractivity contribution in [3.8, 4) is 0 Å². The molecule has 0 saturated heterocycles. The molecule has 2 aromatic heterocycles. The summed E-state index contributed by atoms with van der Waals surface area (Å²) < 4.78 is 5.84. The molecule has 0 spiro atoms. The second-order valence-electron chi connectivity index (χ2n) is 4.02. The lowest BCUT2D eigenvalue weighted by Gasteiger charge is -2.07. The highest BCUT2D eigenvalue weighted by atomic mass is 32.1. The molecule has 2 heterocycles. The fraction of sp³-hybridized carbons (Fsp3) is 0.417. The maximum atomic E-state index is 11.6. The predicted octanol–water partition coefficient (Wildman–Crippen LogP) is 1.17. The Labute approximate surface area is 115 Å². The molecule has 19 heavy (non-hydrogen) atoms. The monoisotopic (exact) mass is 280 g/mol. The summed E-state index contributed by atoms with van der Waals surface area (Å²) in [5.41, 5.74) is 2.05. The van der Waals surface area contributed by atoms with Crippen molar-refractivity contribution < 1.29 is 9.53 Å². The number of nitrogens with zero attached hydrogens (tertiary/aromatic N) is 2. The van der Waals surface area contributed by atoms with E-state index in [0.717, 1.165) is 15.8 Å². The maximum absolute atomic E-state index is 11.6. The molecule has 0 aliphatic carbocycles. The van der Waals surface area contributed by atoms with Crippen LogP contribution in [0.25, 0.3) is 10.2 Å². The Morgan fingerprint density at radius 1 is 1.47 bits per heavy atom. The van der Waals surface area contributed by atoms with Gasteiger partial charge < -0.3 is 15.4 Å². The predicted molar refractivity (Wildman–Crippen MR) is 75.5 cm³/mol. The summed E-state index contributed by atoms with van der Waals surface area (Å²) in [6.45, 7) is 3.21. The number of nitrogens with one attached hydrogen (secondary N) is 2. The molecule has 2 N–H and O–H groups in total. The minimum Gasteiger partial charge on any atom is -0.383 e. The molecule has 0 unspecified atom stereocenters. The van der Waals surface area contributed by atoms with Gasteiger partial charge in [0.25, 0.3) is 0 Å². The number of aromatic nitrogens is 2. The van der Waals surface area contributed by atoms with Crippen molar-refractivity contribution in [1.82, 2.24) is 15.3 Å². The van der Waals surface area contributed by atoms with Crippen LogP contribution in [-0.4, -0.2) is 42.7 Å². The van der Waals surface area contributed by atoms with E-state index >= 15 is 0 Å². The highest BCUT2D eigenvalue weighted by Gasteiger charge is 2.08. The van der Waals surface area contributed by atoms with E-state index in [1.54, 1.807) is 18.4 Å². The second-order valence-corrected chi connectivity index (χ2v) is 4.89. The van der Waals surface area contributed by atoms with Crippen molar-refractivity contribution in [3.63, 3.8) is 0 Å². The summed E-state index contributed by atoms with van der Waals surface area (Å²) in [6.07, 6.45) is 1.51. The molecule has 2 aromatic rings. The minimum absolute atomic E-state index is 0.0860. The van der Waals surface area contributed by atoms with Crippen LogP contribution >= 0.6 is 11.3 Å². The molecule has 0 aliphatic heterocycles. The number of carbonyl (C=O) groups excluding carboxylic acids is 1. The Morgan fingerprint density at radius 3 is 3.11 bits per heavy atom. The van der Waals surface area contributed by atoms with Crippen LogP contribution in [0.2, 0.25) is 0 Å². The number of amides is 1. The summed E-state index contributed by atoms with van der Waals surface area (Å²) in [5, 5.41) is 7.81. The van der Waals surface area contributed by atoms with Gasteiger partial charge in [-0.05, 0) is 17.9 Å². The molecular weight excluding hydrogens is 264 g/mol. The lowest BCUT2D eigenvalue weighted by molar-refractivity contribution is -0.119. The van der Waals surface area contributed by atoms with Gasteiger partial charge in [0.15, 0.2) is 0 Å². The van der Waals surface area contributed by atoms with E-state index in [1.807, 2.05) is 12.3 Å². The van der Waals surface area contributed by atoms with Crippen LogP contribution < -0.4 is 10.6 Å². The quantitative estimate of drug-likeness (QED) is 0.777. The van der Waals surface area contributed by atoms with Gasteiger partial charge in [0.2, 0.25) is 5.91 Å². The summed E-state index contributed by atoms with van der Waals surface area (Å²) >= 11 is 1.57. The first kappa shape index (κ1) is 13.7. The van der Waals surface area contributed by atoms with Gasteiger partial charge in [0, 0.05) is 13.7 Å². The molecule has 0 fully saturated rings. The van der Waals surface area contributed by atoms with Crippen LogP contribution in [0, 0.1) is 6.92 Å². The van der Waals surface area contributed by atoms with Gasteiger partial charge in [-0.3, -0.25) is 4.79 Å². The van der Waals surface area contributed by atoms with E-state index in [-0.39, 0.29) is 12.5 Å². The van der Waals surface area contributed by atoms with Crippen molar-refractivity contribution >= 4 is 33.3 Å². The van der Waals surface area contributed by atoms with Crippen molar-refractivity contribution in [2.75, 3.05) is 32.1 Å². The number of methoxy groups -OCH3 is 1. The van der Waals surface area contributed by atoms with Crippen molar-refractivity contribution in [1.29, 1.82) is 0 Å². The summed E-state index contributed by atoms with van der Waals surface area (Å²) in [5.74, 6) is 0.613. The van der Waals surface area contributed by atoms with Crippen LogP contribution in [0.3, 0.4) is 0 Å². The van der Waals surface area contributed by atoms with Crippen molar-refractivity contribution in [2.45, 2.75) is 6.92 Å². The molecule has 1 amide bonds. The van der Waals surface area contributed by atoms with Gasteiger partial charge in [-0.15, -0.1) is 11.3 Å². The Balaban J connectivity index is 1.96. The van der Waals surface area contributed by atoms with E-state index in [1.165, 1.54) is 6.33 Å². The number of ether oxygens (including phenoxy) is 1. The van der Waals surface area contributed by atoms with Crippen LogP contribution in [0.4, 0.5) is 5.82 Å². The number of rotatable bonds is 6. The standard InChI is InChI=1S/C12H16N4O2S/c1-8-6-19-11-10(8)15-7-16-12(11)14-5-9(17)13-3-4-18-2/h6-7H,3-5H2,1-2H3,(H,13,17)(H,14,15,16). The number of fused-ring (bicyclic) bond motifs is 1. The average Bonchev–Trinajstić information content (AvgIpc) is 2.79. The highest BCUT2D eigenvalue weighted by molar-refractivity contribution is 7.18. The highest BCUT2D eigenvalue weighted by Crippen LogP contribution is 2.28. The van der Waals surface area contributed by atoms with E-state index < -0.39 is 0 Å². The molecule has 6 nitrogen and oxygen atoms in total. The van der Waals surface area contributed by atoms with Crippen LogP contribution in [0.1, 0.15) is 5.56 Å². The molecule has 7 heteroatoms. The van der Waals surface area contributed by atoms with E-state index in [9.17, 15) is 4.79 Å². The molecule has 102 valence electrons. The fourth-order valence-electron chi connectivity index (χ4n) is 1.61. The number of aryl methyl sites for hydroxylation is 1. The minimum atomic E-state index is -0.0860. The Morgan fingerprint density at radius 2 is 2.32 bits per heavy atom. The van der Waals surface area contributed by atoms with Gasteiger partial charge in [0.05, 0.1) is 23.4 Å². The third-order valence-electron chi connectivity index (χ3n) is 2.58.